The highest BCUT2D eigenvalue weighted by molar-refractivity contribution is 6.26. The van der Waals surface area contributed by atoms with E-state index in [0.717, 1.165) is 0 Å². The van der Waals surface area contributed by atoms with Crippen LogP contribution in [0.3, 0.4) is 0 Å². The summed E-state index contributed by atoms with van der Waals surface area (Å²) < 4.78 is 5.63. The van der Waals surface area contributed by atoms with Crippen molar-refractivity contribution < 1.29 is 19.1 Å². The summed E-state index contributed by atoms with van der Waals surface area (Å²) in [4.78, 5) is 35.9. The van der Waals surface area contributed by atoms with E-state index < -0.39 is 0 Å². The molecule has 4 nitrogen and oxygen atoms in total. The SMILES string of the molecule is CC(=O)CC1CCC2=C(O1)C(=O)c1ccccc1C2=O. The summed E-state index contributed by atoms with van der Waals surface area (Å²) in [5.41, 5.74) is 1.29. The van der Waals surface area contributed by atoms with Gasteiger partial charge in [0.05, 0.1) is 0 Å². The first-order valence-corrected chi connectivity index (χ1v) is 6.65. The van der Waals surface area contributed by atoms with Gasteiger partial charge in [-0.2, -0.15) is 0 Å². The molecule has 1 aliphatic carbocycles. The van der Waals surface area contributed by atoms with Crippen molar-refractivity contribution >= 4 is 17.3 Å². The number of hydrogen-bond donors (Lipinski definition) is 0. The number of hydrogen-bond acceptors (Lipinski definition) is 4. The third kappa shape index (κ3) is 1.97. The van der Waals surface area contributed by atoms with Crippen molar-refractivity contribution in [2.24, 2.45) is 0 Å². The molecule has 1 atom stereocenters. The molecule has 0 saturated heterocycles. The van der Waals surface area contributed by atoms with Crippen molar-refractivity contribution in [3.63, 3.8) is 0 Å². The molecule has 102 valence electrons. The first kappa shape index (κ1) is 12.8. The van der Waals surface area contributed by atoms with Gasteiger partial charge in [-0.15, -0.1) is 0 Å². The lowest BCUT2D eigenvalue weighted by atomic mass is 9.84. The second-order valence-electron chi connectivity index (χ2n) is 5.20. The van der Waals surface area contributed by atoms with Gasteiger partial charge in [0.15, 0.2) is 11.5 Å². The second-order valence-corrected chi connectivity index (χ2v) is 5.20. The Kier molecular flexibility index (Phi) is 3.01. The first-order valence-electron chi connectivity index (χ1n) is 6.65. The van der Waals surface area contributed by atoms with Crippen LogP contribution in [0.5, 0.6) is 0 Å². The maximum absolute atomic E-state index is 12.4. The van der Waals surface area contributed by atoms with E-state index in [1.165, 1.54) is 6.92 Å². The fourth-order valence-corrected chi connectivity index (χ4v) is 2.75. The van der Waals surface area contributed by atoms with Crippen LogP contribution in [0.15, 0.2) is 35.6 Å². The van der Waals surface area contributed by atoms with Gasteiger partial charge in [-0.3, -0.25) is 14.4 Å². The Bertz CT molecular complexity index is 654. The van der Waals surface area contributed by atoms with Crippen LogP contribution in [0, 0.1) is 0 Å². The van der Waals surface area contributed by atoms with Gasteiger partial charge >= 0.3 is 0 Å². The molecule has 1 unspecified atom stereocenters. The average Bonchev–Trinajstić information content (AvgIpc) is 2.44. The molecule has 1 aromatic rings. The molecule has 0 amide bonds. The molecular weight excluding hydrogens is 256 g/mol. The summed E-state index contributed by atoms with van der Waals surface area (Å²) in [5.74, 6) is -0.208. The molecule has 20 heavy (non-hydrogen) atoms. The van der Waals surface area contributed by atoms with Crippen molar-refractivity contribution in [1.82, 2.24) is 0 Å². The number of carbonyl (C=O) groups is 3. The predicted molar refractivity (Wildman–Crippen MR) is 71.5 cm³/mol. The summed E-state index contributed by atoms with van der Waals surface area (Å²) >= 11 is 0. The van der Waals surface area contributed by atoms with Crippen LogP contribution in [0.25, 0.3) is 0 Å². The largest absolute Gasteiger partial charge is 0.485 e. The molecule has 0 aromatic heterocycles. The average molecular weight is 270 g/mol. The highest BCUT2D eigenvalue weighted by Crippen LogP contribution is 2.34. The standard InChI is InChI=1S/C16H14O4/c1-9(17)8-10-6-7-13-14(18)11-4-2-3-5-12(11)15(19)16(13)20-10/h2-5,10H,6-8H2,1H3. The van der Waals surface area contributed by atoms with E-state index in [2.05, 4.69) is 0 Å². The van der Waals surface area contributed by atoms with Crippen molar-refractivity contribution in [3.05, 3.63) is 46.7 Å². The quantitative estimate of drug-likeness (QED) is 0.828. The van der Waals surface area contributed by atoms with E-state index in [1.54, 1.807) is 24.3 Å². The van der Waals surface area contributed by atoms with Crippen LogP contribution < -0.4 is 0 Å². The van der Waals surface area contributed by atoms with Gasteiger partial charge in [-0.25, -0.2) is 0 Å². The van der Waals surface area contributed by atoms with Crippen LogP contribution in [-0.4, -0.2) is 23.5 Å². The van der Waals surface area contributed by atoms with Crippen LogP contribution in [0.4, 0.5) is 0 Å². The Morgan fingerprint density at radius 3 is 2.50 bits per heavy atom. The number of fused-ring (bicyclic) bond motifs is 1. The molecular formula is C16H14O4. The molecule has 4 heteroatoms. The Labute approximate surface area is 116 Å². The van der Waals surface area contributed by atoms with Crippen LogP contribution >= 0.6 is 0 Å². The molecule has 0 N–H and O–H groups in total. The van der Waals surface area contributed by atoms with Gasteiger partial charge in [-0.05, 0) is 19.8 Å². The molecule has 0 bridgehead atoms. The molecule has 0 saturated carbocycles. The Hall–Kier alpha value is -2.23. The van der Waals surface area contributed by atoms with E-state index in [-0.39, 0.29) is 35.6 Å². The van der Waals surface area contributed by atoms with Crippen molar-refractivity contribution in [2.45, 2.75) is 32.3 Å². The van der Waals surface area contributed by atoms with Gasteiger partial charge < -0.3 is 4.74 Å². The van der Waals surface area contributed by atoms with E-state index in [9.17, 15) is 14.4 Å². The van der Waals surface area contributed by atoms with Crippen LogP contribution in [-0.2, 0) is 9.53 Å². The normalized spacial score (nSPS) is 21.1. The molecule has 3 rings (SSSR count). The lowest BCUT2D eigenvalue weighted by Crippen LogP contribution is -2.31. The minimum Gasteiger partial charge on any atom is -0.485 e. The van der Waals surface area contributed by atoms with Crippen LogP contribution in [0.1, 0.15) is 46.9 Å². The van der Waals surface area contributed by atoms with Gasteiger partial charge in [-0.1, -0.05) is 24.3 Å². The zero-order valence-electron chi connectivity index (χ0n) is 11.1. The number of ether oxygens (including phenoxy) is 1. The summed E-state index contributed by atoms with van der Waals surface area (Å²) in [6, 6.07) is 6.78. The monoisotopic (exact) mass is 270 g/mol. The van der Waals surface area contributed by atoms with Gasteiger partial charge in [0, 0.05) is 23.1 Å². The summed E-state index contributed by atoms with van der Waals surface area (Å²) in [6.45, 7) is 1.50. The van der Waals surface area contributed by atoms with E-state index >= 15 is 0 Å². The maximum Gasteiger partial charge on any atom is 0.228 e. The van der Waals surface area contributed by atoms with Crippen molar-refractivity contribution in [1.29, 1.82) is 0 Å². The second kappa shape index (κ2) is 4.71. The van der Waals surface area contributed by atoms with Gasteiger partial charge in [0.2, 0.25) is 5.78 Å². The summed E-state index contributed by atoms with van der Waals surface area (Å²) in [5, 5.41) is 0. The Morgan fingerprint density at radius 1 is 1.20 bits per heavy atom. The molecule has 1 aromatic carbocycles. The fraction of sp³-hybridized carbons (Fsp3) is 0.312. The van der Waals surface area contributed by atoms with E-state index in [1.807, 2.05) is 0 Å². The number of Topliss-reactive ketones (excluding diaryl/α,β-unsaturated/α-hetero) is 3. The third-order valence-electron chi connectivity index (χ3n) is 3.69. The number of benzene rings is 1. The van der Waals surface area contributed by atoms with Gasteiger partial charge in [0.1, 0.15) is 11.9 Å². The molecule has 2 aliphatic rings. The Balaban J connectivity index is 1.98. The molecule has 1 heterocycles. The highest BCUT2D eigenvalue weighted by atomic mass is 16.5. The molecule has 1 aliphatic heterocycles. The predicted octanol–water partition coefficient (Wildman–Crippen LogP) is 2.48. The lowest BCUT2D eigenvalue weighted by molar-refractivity contribution is -0.119. The Morgan fingerprint density at radius 2 is 1.85 bits per heavy atom. The number of rotatable bonds is 2. The van der Waals surface area contributed by atoms with Gasteiger partial charge in [0.25, 0.3) is 0 Å². The van der Waals surface area contributed by atoms with E-state index in [4.69, 9.17) is 4.74 Å². The van der Waals surface area contributed by atoms with Crippen molar-refractivity contribution in [3.8, 4) is 0 Å². The number of ketones is 3. The zero-order chi connectivity index (χ0) is 14.3. The topological polar surface area (TPSA) is 60.4 Å². The highest BCUT2D eigenvalue weighted by Gasteiger charge is 2.37. The first-order chi connectivity index (χ1) is 9.58. The minimum absolute atomic E-state index is 0.0223. The third-order valence-corrected chi connectivity index (χ3v) is 3.69. The van der Waals surface area contributed by atoms with Crippen molar-refractivity contribution in [2.75, 3.05) is 0 Å². The minimum atomic E-state index is -0.298. The summed E-state index contributed by atoms with van der Waals surface area (Å²) in [6.07, 6.45) is 1.07. The lowest BCUT2D eigenvalue weighted by Gasteiger charge is -2.29. The smallest absolute Gasteiger partial charge is 0.228 e. The number of carbonyl (C=O) groups excluding carboxylic acids is 3. The fourth-order valence-electron chi connectivity index (χ4n) is 2.75. The number of allylic oxidation sites excluding steroid dienone is 2. The van der Waals surface area contributed by atoms with Crippen LogP contribution in [0.2, 0.25) is 0 Å². The molecule has 0 fully saturated rings. The molecule has 0 radical (unpaired) electrons. The molecule has 0 spiro atoms. The zero-order valence-corrected chi connectivity index (χ0v) is 11.1. The van der Waals surface area contributed by atoms with E-state index in [0.29, 0.717) is 29.5 Å². The summed E-state index contributed by atoms with van der Waals surface area (Å²) in [7, 11) is 0. The maximum atomic E-state index is 12.4.